The standard InChI is InChI=1S/C21H21FN4O.HI/c1-2-15-3-8-18(9-4-15)26-21(23)25-14-16-5-12-20(24-13-16)27-19-10-6-17(22)7-11-19;/h3-13H,2,14H2,1H3,(H3,23,25,26);1H. The van der Waals surface area contributed by atoms with Gasteiger partial charge in [0.25, 0.3) is 0 Å². The number of ether oxygens (including phenoxy) is 1. The van der Waals surface area contributed by atoms with Crippen molar-refractivity contribution in [2.45, 2.75) is 19.9 Å². The van der Waals surface area contributed by atoms with Crippen LogP contribution in [0.5, 0.6) is 11.6 Å². The Labute approximate surface area is 180 Å². The van der Waals surface area contributed by atoms with Gasteiger partial charge in [-0.15, -0.1) is 24.0 Å². The van der Waals surface area contributed by atoms with Crippen LogP contribution < -0.4 is 15.8 Å². The van der Waals surface area contributed by atoms with Crippen LogP contribution in [0.4, 0.5) is 10.1 Å². The zero-order valence-corrected chi connectivity index (χ0v) is 17.8. The van der Waals surface area contributed by atoms with Gasteiger partial charge in [-0.2, -0.15) is 0 Å². The minimum Gasteiger partial charge on any atom is -0.439 e. The van der Waals surface area contributed by atoms with Crippen LogP contribution >= 0.6 is 24.0 Å². The normalized spacial score (nSPS) is 10.9. The molecule has 5 nitrogen and oxygen atoms in total. The number of guanidine groups is 1. The van der Waals surface area contributed by atoms with Crippen LogP contribution in [0.3, 0.4) is 0 Å². The summed E-state index contributed by atoms with van der Waals surface area (Å²) in [6.07, 6.45) is 2.67. The highest BCUT2D eigenvalue weighted by molar-refractivity contribution is 14.0. The number of aromatic nitrogens is 1. The van der Waals surface area contributed by atoms with Crippen LogP contribution in [0.15, 0.2) is 71.9 Å². The topological polar surface area (TPSA) is 72.5 Å². The van der Waals surface area contributed by atoms with Crippen molar-refractivity contribution in [3.05, 3.63) is 83.8 Å². The number of aliphatic imine (C=N–C) groups is 1. The summed E-state index contributed by atoms with van der Waals surface area (Å²) in [5.41, 5.74) is 8.99. The molecule has 0 bridgehead atoms. The van der Waals surface area contributed by atoms with Crippen molar-refractivity contribution in [2.24, 2.45) is 10.7 Å². The van der Waals surface area contributed by atoms with E-state index >= 15 is 0 Å². The van der Waals surface area contributed by atoms with Gasteiger partial charge < -0.3 is 15.8 Å². The van der Waals surface area contributed by atoms with Crippen molar-refractivity contribution in [3.8, 4) is 11.6 Å². The molecule has 0 unspecified atom stereocenters. The number of anilines is 1. The van der Waals surface area contributed by atoms with Gasteiger partial charge in [-0.1, -0.05) is 25.1 Å². The molecule has 3 rings (SSSR count). The predicted octanol–water partition coefficient (Wildman–Crippen LogP) is 5.12. The summed E-state index contributed by atoms with van der Waals surface area (Å²) in [6.45, 7) is 2.51. The van der Waals surface area contributed by atoms with E-state index in [9.17, 15) is 4.39 Å². The number of rotatable bonds is 6. The largest absolute Gasteiger partial charge is 0.439 e. The van der Waals surface area contributed by atoms with E-state index in [2.05, 4.69) is 34.3 Å². The minimum atomic E-state index is -0.309. The molecule has 2 aromatic carbocycles. The van der Waals surface area contributed by atoms with Gasteiger partial charge in [-0.25, -0.2) is 14.4 Å². The van der Waals surface area contributed by atoms with Gasteiger partial charge in [-0.05, 0) is 53.9 Å². The summed E-state index contributed by atoms with van der Waals surface area (Å²) in [7, 11) is 0. The maximum absolute atomic E-state index is 12.9. The molecule has 7 heteroatoms. The number of nitrogens with zero attached hydrogens (tertiary/aromatic N) is 2. The van der Waals surface area contributed by atoms with Crippen molar-refractivity contribution in [3.63, 3.8) is 0 Å². The molecular formula is C21H22FIN4O. The molecule has 1 heterocycles. The first-order valence-electron chi connectivity index (χ1n) is 8.66. The molecule has 0 spiro atoms. The zero-order chi connectivity index (χ0) is 19.1. The van der Waals surface area contributed by atoms with Gasteiger partial charge in [0.1, 0.15) is 11.6 Å². The third-order valence-corrected chi connectivity index (χ3v) is 3.90. The highest BCUT2D eigenvalue weighted by Crippen LogP contribution is 2.19. The van der Waals surface area contributed by atoms with Crippen molar-refractivity contribution in [2.75, 3.05) is 5.32 Å². The smallest absolute Gasteiger partial charge is 0.219 e. The summed E-state index contributed by atoms with van der Waals surface area (Å²) in [5.74, 6) is 0.982. The average molecular weight is 492 g/mol. The Hall–Kier alpha value is -2.68. The van der Waals surface area contributed by atoms with E-state index in [0.717, 1.165) is 17.7 Å². The highest BCUT2D eigenvalue weighted by Gasteiger charge is 2.01. The number of pyridine rings is 1. The van der Waals surface area contributed by atoms with Crippen molar-refractivity contribution in [1.29, 1.82) is 0 Å². The quantitative estimate of drug-likeness (QED) is 0.285. The summed E-state index contributed by atoms with van der Waals surface area (Å²) in [4.78, 5) is 8.55. The van der Waals surface area contributed by atoms with Gasteiger partial charge in [0.2, 0.25) is 5.88 Å². The lowest BCUT2D eigenvalue weighted by atomic mass is 10.1. The summed E-state index contributed by atoms with van der Waals surface area (Å²) >= 11 is 0. The fourth-order valence-electron chi connectivity index (χ4n) is 2.38. The van der Waals surface area contributed by atoms with Crippen molar-refractivity contribution < 1.29 is 9.13 Å². The Morgan fingerprint density at radius 2 is 1.71 bits per heavy atom. The molecule has 146 valence electrons. The predicted molar refractivity (Wildman–Crippen MR) is 121 cm³/mol. The number of benzene rings is 2. The first kappa shape index (κ1) is 21.6. The number of nitrogens with two attached hydrogens (primary N) is 1. The Bertz CT molecular complexity index is 897. The number of nitrogens with one attached hydrogen (secondary N) is 1. The van der Waals surface area contributed by atoms with Crippen LogP contribution in [0.2, 0.25) is 0 Å². The Morgan fingerprint density at radius 1 is 1.04 bits per heavy atom. The molecule has 0 fully saturated rings. The van der Waals surface area contributed by atoms with Gasteiger partial charge in [0, 0.05) is 18.0 Å². The molecule has 0 aliphatic rings. The molecule has 0 aliphatic heterocycles. The van der Waals surface area contributed by atoms with Crippen LogP contribution in [0.25, 0.3) is 0 Å². The molecule has 0 atom stereocenters. The lowest BCUT2D eigenvalue weighted by Crippen LogP contribution is -2.22. The molecule has 3 aromatic rings. The van der Waals surface area contributed by atoms with Crippen LogP contribution in [-0.4, -0.2) is 10.9 Å². The van der Waals surface area contributed by atoms with E-state index in [1.165, 1.54) is 17.7 Å². The van der Waals surface area contributed by atoms with E-state index in [-0.39, 0.29) is 29.8 Å². The molecule has 0 aliphatic carbocycles. The zero-order valence-electron chi connectivity index (χ0n) is 15.4. The van der Waals surface area contributed by atoms with Gasteiger partial charge >= 0.3 is 0 Å². The van der Waals surface area contributed by atoms with Gasteiger partial charge in [0.15, 0.2) is 5.96 Å². The number of aryl methyl sites for hydroxylation is 1. The lowest BCUT2D eigenvalue weighted by Gasteiger charge is -2.07. The van der Waals surface area contributed by atoms with Gasteiger partial charge in [-0.3, -0.25) is 0 Å². The second-order valence-electron chi connectivity index (χ2n) is 5.94. The van der Waals surface area contributed by atoms with Crippen LogP contribution in [-0.2, 0) is 13.0 Å². The lowest BCUT2D eigenvalue weighted by molar-refractivity contribution is 0.461. The molecule has 0 radical (unpaired) electrons. The molecule has 3 N–H and O–H groups in total. The summed E-state index contributed by atoms with van der Waals surface area (Å²) < 4.78 is 18.5. The molecule has 0 amide bonds. The molecule has 0 saturated heterocycles. The number of hydrogen-bond acceptors (Lipinski definition) is 3. The minimum absolute atomic E-state index is 0. The number of halogens is 2. The van der Waals surface area contributed by atoms with Crippen LogP contribution in [0, 0.1) is 5.82 Å². The second-order valence-corrected chi connectivity index (χ2v) is 5.94. The van der Waals surface area contributed by atoms with Gasteiger partial charge in [0.05, 0.1) is 6.54 Å². The average Bonchev–Trinajstić information content (AvgIpc) is 2.70. The van der Waals surface area contributed by atoms with E-state index in [0.29, 0.717) is 24.1 Å². The fraction of sp³-hybridized carbons (Fsp3) is 0.143. The van der Waals surface area contributed by atoms with Crippen molar-refractivity contribution >= 4 is 35.6 Å². The molecule has 1 aromatic heterocycles. The second kappa shape index (κ2) is 10.6. The monoisotopic (exact) mass is 492 g/mol. The third-order valence-electron chi connectivity index (χ3n) is 3.90. The molecule has 0 saturated carbocycles. The fourth-order valence-corrected chi connectivity index (χ4v) is 2.38. The SMILES string of the molecule is CCc1ccc(NC(N)=NCc2ccc(Oc3ccc(F)cc3)nc2)cc1.I. The summed E-state index contributed by atoms with van der Waals surface area (Å²) in [6, 6.07) is 17.4. The Balaban J connectivity index is 0.00000280. The maximum Gasteiger partial charge on any atom is 0.219 e. The van der Waals surface area contributed by atoms with E-state index < -0.39 is 0 Å². The Kier molecular flexibility index (Phi) is 8.19. The third kappa shape index (κ3) is 6.49. The molecule has 28 heavy (non-hydrogen) atoms. The van der Waals surface area contributed by atoms with Crippen LogP contribution in [0.1, 0.15) is 18.1 Å². The maximum atomic E-state index is 12.9. The van der Waals surface area contributed by atoms with E-state index in [1.807, 2.05) is 18.2 Å². The first-order chi connectivity index (χ1) is 13.1. The first-order valence-corrected chi connectivity index (χ1v) is 8.66. The summed E-state index contributed by atoms with van der Waals surface area (Å²) in [5, 5.41) is 3.06. The van der Waals surface area contributed by atoms with E-state index in [4.69, 9.17) is 10.5 Å². The molecular weight excluding hydrogens is 470 g/mol. The number of hydrogen-bond donors (Lipinski definition) is 2. The van der Waals surface area contributed by atoms with Crippen molar-refractivity contribution in [1.82, 2.24) is 4.98 Å². The highest BCUT2D eigenvalue weighted by atomic mass is 127. The van der Waals surface area contributed by atoms with E-state index in [1.54, 1.807) is 24.4 Å². The Morgan fingerprint density at radius 3 is 2.32 bits per heavy atom.